The van der Waals surface area contributed by atoms with Gasteiger partial charge in [0.15, 0.2) is 6.29 Å². The van der Waals surface area contributed by atoms with E-state index in [1.54, 1.807) is 12.1 Å². The van der Waals surface area contributed by atoms with Crippen molar-refractivity contribution in [2.24, 2.45) is 22.9 Å². The molecule has 14 nitrogen and oxygen atoms in total. The largest absolute Gasteiger partial charge is 0.481 e. The molecule has 1 saturated heterocycles. The first kappa shape index (κ1) is 27.3. The van der Waals surface area contributed by atoms with Gasteiger partial charge in [0.05, 0.1) is 25.5 Å². The lowest BCUT2D eigenvalue weighted by atomic mass is 9.71. The fourth-order valence-electron chi connectivity index (χ4n) is 3.62. The third-order valence-corrected chi connectivity index (χ3v) is 4.91. The molecule has 2 rings (SSSR count). The summed E-state index contributed by atoms with van der Waals surface area (Å²) in [6.07, 6.45) is -1.77. The molecule has 1 aliphatic rings. The predicted octanol–water partition coefficient (Wildman–Crippen LogP) is 1.72. The van der Waals surface area contributed by atoms with Crippen LogP contribution in [0.15, 0.2) is 29.5 Å². The van der Waals surface area contributed by atoms with Crippen molar-refractivity contribution < 1.29 is 49.1 Å². The van der Waals surface area contributed by atoms with Gasteiger partial charge in [0, 0.05) is 30.6 Å². The van der Waals surface area contributed by atoms with E-state index in [1.807, 2.05) is 0 Å². The van der Waals surface area contributed by atoms with E-state index in [0.29, 0.717) is 0 Å². The second-order valence-corrected chi connectivity index (χ2v) is 7.00. The monoisotopic (exact) mass is 468 g/mol. The summed E-state index contributed by atoms with van der Waals surface area (Å²) in [4.78, 5) is 49.7. The van der Waals surface area contributed by atoms with Crippen molar-refractivity contribution in [3.05, 3.63) is 40.5 Å². The van der Waals surface area contributed by atoms with Gasteiger partial charge in [-0.25, -0.2) is 9.78 Å². The minimum absolute atomic E-state index is 0.0810. The lowest BCUT2D eigenvalue weighted by Crippen LogP contribution is -2.51. The highest BCUT2D eigenvalue weighted by molar-refractivity contribution is 5.85. The van der Waals surface area contributed by atoms with Gasteiger partial charge in [0.2, 0.25) is 0 Å². The lowest BCUT2D eigenvalue weighted by molar-refractivity contribution is -0.247. The fourth-order valence-corrected chi connectivity index (χ4v) is 3.62. The summed E-state index contributed by atoms with van der Waals surface area (Å²) < 4.78 is 10.7. The number of methoxy groups -OCH3 is 1. The molecule has 1 aliphatic heterocycles. The number of aromatic nitrogens is 1. The van der Waals surface area contributed by atoms with Crippen molar-refractivity contribution in [3.63, 3.8) is 0 Å². The predicted molar refractivity (Wildman–Crippen MR) is 108 cm³/mol. The van der Waals surface area contributed by atoms with Gasteiger partial charge in [-0.3, -0.25) is 14.4 Å². The van der Waals surface area contributed by atoms with Crippen LogP contribution >= 0.6 is 0 Å². The maximum Gasteiger partial charge on any atom is 0.354 e. The van der Waals surface area contributed by atoms with Crippen LogP contribution < -0.4 is 0 Å². The van der Waals surface area contributed by atoms with E-state index in [9.17, 15) is 19.2 Å². The van der Waals surface area contributed by atoms with Gasteiger partial charge in [-0.15, -0.1) is 0 Å². The average Bonchev–Trinajstić information content (AvgIpc) is 2.75. The van der Waals surface area contributed by atoms with Crippen molar-refractivity contribution in [1.82, 2.24) is 4.98 Å². The van der Waals surface area contributed by atoms with Crippen molar-refractivity contribution in [2.45, 2.75) is 31.7 Å². The maximum absolute atomic E-state index is 11.2. The van der Waals surface area contributed by atoms with Crippen molar-refractivity contribution in [2.75, 3.05) is 13.7 Å². The first-order chi connectivity index (χ1) is 15.6. The fraction of sp³-hybridized carbons (Fsp3) is 0.526. The Hall–Kier alpha value is -3.74. The summed E-state index contributed by atoms with van der Waals surface area (Å²) in [5, 5.41) is 39.0. The topological polar surface area (TPSA) is 229 Å². The highest BCUT2D eigenvalue weighted by atomic mass is 16.7. The Kier molecular flexibility index (Phi) is 11.3. The van der Waals surface area contributed by atoms with Crippen LogP contribution in [0.4, 0.5) is 0 Å². The number of rotatable bonds is 10. The number of hydrogen-bond donors (Lipinski definition) is 4. The second-order valence-electron chi connectivity index (χ2n) is 7.00. The molecule has 0 amide bonds. The van der Waals surface area contributed by atoms with Crippen LogP contribution in [0.5, 0.6) is 0 Å². The third kappa shape index (κ3) is 9.11. The highest BCUT2D eigenvalue weighted by Crippen LogP contribution is 2.41. The number of carbonyl (C=O) groups is 4. The normalized spacial score (nSPS) is 23.8. The van der Waals surface area contributed by atoms with E-state index in [-0.39, 0.29) is 12.2 Å². The maximum atomic E-state index is 11.2. The number of carboxylic acids is 4. The highest BCUT2D eigenvalue weighted by Gasteiger charge is 2.47. The Morgan fingerprint density at radius 2 is 1.61 bits per heavy atom. The summed E-state index contributed by atoms with van der Waals surface area (Å²) in [6, 6.07) is 4.76. The van der Waals surface area contributed by atoms with E-state index in [4.69, 9.17) is 35.4 Å². The van der Waals surface area contributed by atoms with Crippen LogP contribution in [0.25, 0.3) is 10.4 Å². The summed E-state index contributed by atoms with van der Waals surface area (Å²) in [5.74, 6) is -7.01. The number of carboxylic acid groups (broad SMARTS) is 4. The SMILES string of the molecule is CO[C@H]1O[C@H](CN=[N+]=[N-])[C@@H](CC(=O)O)[C@@H](CC(=O)O)[C@@H]1CC(=O)O.O=C(O)c1ccccn1. The smallest absolute Gasteiger partial charge is 0.354 e. The molecule has 1 aromatic rings. The lowest BCUT2D eigenvalue weighted by Gasteiger charge is -2.45. The molecule has 0 bridgehead atoms. The molecule has 0 aliphatic carbocycles. The van der Waals surface area contributed by atoms with Crippen LogP contribution in [0.1, 0.15) is 29.8 Å². The number of pyridine rings is 1. The van der Waals surface area contributed by atoms with Gasteiger partial charge in [-0.2, -0.15) is 0 Å². The summed E-state index contributed by atoms with van der Waals surface area (Å²) in [5.41, 5.74) is 8.53. The minimum Gasteiger partial charge on any atom is -0.481 e. The van der Waals surface area contributed by atoms with E-state index < -0.39 is 73.3 Å². The molecule has 1 fully saturated rings. The molecular formula is C19H24N4O10. The number of hydrogen-bond acceptors (Lipinski definition) is 8. The summed E-state index contributed by atoms with van der Waals surface area (Å²) in [6.45, 7) is -0.204. The molecule has 1 aromatic heterocycles. The number of aliphatic carboxylic acids is 3. The first-order valence-electron chi connectivity index (χ1n) is 9.59. The van der Waals surface area contributed by atoms with Crippen LogP contribution in [-0.4, -0.2) is 75.3 Å². The summed E-state index contributed by atoms with van der Waals surface area (Å²) in [7, 11) is 1.28. The molecule has 2 heterocycles. The molecule has 0 aromatic carbocycles. The number of ether oxygens (including phenoxy) is 2. The molecular weight excluding hydrogens is 444 g/mol. The average molecular weight is 468 g/mol. The van der Waals surface area contributed by atoms with E-state index in [0.717, 1.165) is 0 Å². The zero-order chi connectivity index (χ0) is 25.0. The van der Waals surface area contributed by atoms with E-state index in [1.165, 1.54) is 19.4 Å². The Morgan fingerprint density at radius 3 is 2.03 bits per heavy atom. The van der Waals surface area contributed by atoms with Crippen LogP contribution in [0.3, 0.4) is 0 Å². The van der Waals surface area contributed by atoms with Gasteiger partial charge in [0.1, 0.15) is 5.69 Å². The number of azide groups is 1. The second kappa shape index (κ2) is 13.6. The molecule has 0 unspecified atom stereocenters. The van der Waals surface area contributed by atoms with Gasteiger partial charge in [-0.1, -0.05) is 11.2 Å². The molecule has 180 valence electrons. The van der Waals surface area contributed by atoms with Crippen LogP contribution in [-0.2, 0) is 23.9 Å². The van der Waals surface area contributed by atoms with Gasteiger partial charge >= 0.3 is 23.9 Å². The minimum atomic E-state index is -1.19. The molecule has 33 heavy (non-hydrogen) atoms. The van der Waals surface area contributed by atoms with Gasteiger partial charge in [0.25, 0.3) is 0 Å². The van der Waals surface area contributed by atoms with Gasteiger partial charge < -0.3 is 29.9 Å². The molecule has 0 spiro atoms. The van der Waals surface area contributed by atoms with Crippen LogP contribution in [0.2, 0.25) is 0 Å². The Morgan fingerprint density at radius 1 is 1.03 bits per heavy atom. The van der Waals surface area contributed by atoms with Crippen molar-refractivity contribution in [1.29, 1.82) is 0 Å². The Bertz CT molecular complexity index is 875. The quantitative estimate of drug-likeness (QED) is 0.219. The zero-order valence-corrected chi connectivity index (χ0v) is 17.6. The van der Waals surface area contributed by atoms with E-state index in [2.05, 4.69) is 15.0 Å². The Balaban J connectivity index is 0.000000502. The first-order valence-corrected chi connectivity index (χ1v) is 9.59. The number of aromatic carboxylic acids is 1. The van der Waals surface area contributed by atoms with E-state index >= 15 is 0 Å². The van der Waals surface area contributed by atoms with Crippen LogP contribution in [0, 0.1) is 17.8 Å². The summed E-state index contributed by atoms with van der Waals surface area (Å²) >= 11 is 0. The Labute approximate surface area is 187 Å². The number of nitrogens with zero attached hydrogens (tertiary/aromatic N) is 4. The van der Waals surface area contributed by atoms with Crippen molar-refractivity contribution >= 4 is 23.9 Å². The molecule has 0 radical (unpaired) electrons. The molecule has 0 saturated carbocycles. The standard InChI is InChI=1S/C13H19N3O8.C6H5NO2/c1-23-13-8(4-12(21)22)6(2-10(17)18)7(3-11(19)20)9(24-13)5-15-16-14;8-6(9)5-3-1-2-4-7-5/h6-9,13H,2-5H2,1H3,(H,17,18)(H,19,20)(H,21,22);1-4H,(H,8,9)/t6-,7+,8+,9-,13+;/m1./s1. The third-order valence-electron chi connectivity index (χ3n) is 4.91. The zero-order valence-electron chi connectivity index (χ0n) is 17.6. The van der Waals surface area contributed by atoms with Gasteiger partial charge in [-0.05, 0) is 29.5 Å². The van der Waals surface area contributed by atoms with Crippen molar-refractivity contribution in [3.8, 4) is 0 Å². The molecule has 4 N–H and O–H groups in total. The molecule has 5 atom stereocenters. The molecule has 14 heteroatoms.